The lowest BCUT2D eigenvalue weighted by molar-refractivity contribution is -0.142. The number of hydrogen-bond acceptors (Lipinski definition) is 2. The van der Waals surface area contributed by atoms with Gasteiger partial charge in [0.2, 0.25) is 0 Å². The van der Waals surface area contributed by atoms with Crippen LogP contribution in [0.3, 0.4) is 0 Å². The zero-order valence-electron chi connectivity index (χ0n) is 31.8. The number of rotatable bonds is 22. The second kappa shape index (κ2) is 22.8. The maximum atomic E-state index is 12.1. The van der Waals surface area contributed by atoms with Crippen LogP contribution in [0.25, 0.3) is 0 Å². The molecule has 1 rings (SSSR count). The third-order valence-electron chi connectivity index (χ3n) is 8.11. The Bertz CT molecular complexity index is 1030. The van der Waals surface area contributed by atoms with Crippen molar-refractivity contribution in [2.45, 2.75) is 163 Å². The van der Waals surface area contributed by atoms with Gasteiger partial charge in [0, 0.05) is 10.5 Å². The first-order valence-electron chi connectivity index (χ1n) is 18.9. The molecule has 228 valence electrons. The lowest BCUT2D eigenvalue weighted by Crippen LogP contribution is -2.19. The smallest absolute Gasteiger partial charge is 0.306 e. The van der Waals surface area contributed by atoms with Crippen LogP contribution in [-0.2, 0) is 9.53 Å². The molecule has 0 aromatic rings. The fraction of sp³-hybridized carbons (Fsp3) is 0.711. The molecule has 2 nitrogen and oxygen atoms in total. The van der Waals surface area contributed by atoms with E-state index in [0.717, 1.165) is 43.3 Å². The van der Waals surface area contributed by atoms with Crippen LogP contribution in [-0.4, -0.2) is 12.6 Å². The molecular formula is C38H64O2. The number of ether oxygens (including phenoxy) is 1. The predicted octanol–water partition coefficient (Wildman–Crippen LogP) is 12.3. The lowest BCUT2D eigenvalue weighted by atomic mass is 9.72. The summed E-state index contributed by atoms with van der Waals surface area (Å²) in [6.45, 7) is 7.93. The summed E-state index contributed by atoms with van der Waals surface area (Å²) < 4.78 is 46.4. The molecule has 1 aliphatic rings. The molecule has 0 atom stereocenters. The van der Waals surface area contributed by atoms with E-state index in [2.05, 4.69) is 20.8 Å². The number of unbranched alkanes of at least 4 members (excludes halogenated alkanes) is 14. The van der Waals surface area contributed by atoms with Gasteiger partial charge in [0.25, 0.3) is 0 Å². The zero-order valence-corrected chi connectivity index (χ0v) is 26.8. The van der Waals surface area contributed by atoms with Crippen LogP contribution in [0.15, 0.2) is 58.7 Å². The number of carbonyl (C=O) groups excluding carboxylic acids is 1. The molecule has 0 radical (unpaired) electrons. The Morgan fingerprint density at radius 2 is 1.50 bits per heavy atom. The Labute approximate surface area is 256 Å². The van der Waals surface area contributed by atoms with Gasteiger partial charge in [0.1, 0.15) is 6.61 Å². The van der Waals surface area contributed by atoms with Gasteiger partial charge in [-0.1, -0.05) is 158 Å². The third-order valence-corrected chi connectivity index (χ3v) is 8.11. The molecule has 0 bridgehead atoms. The maximum Gasteiger partial charge on any atom is 0.306 e. The summed E-state index contributed by atoms with van der Waals surface area (Å²) in [6, 6.07) is -0.343. The molecular weight excluding hydrogens is 488 g/mol. The molecule has 0 saturated carbocycles. The lowest BCUT2D eigenvalue weighted by Gasteiger charge is -2.32. The summed E-state index contributed by atoms with van der Waals surface area (Å²) in [4.78, 5) is 12.1. The van der Waals surface area contributed by atoms with Crippen molar-refractivity contribution in [2.24, 2.45) is 5.41 Å². The molecule has 0 spiro atoms. The Hall–Kier alpha value is -1.83. The number of hydrogen-bond donors (Lipinski definition) is 0. The van der Waals surface area contributed by atoms with Gasteiger partial charge in [0.15, 0.2) is 0 Å². The largest absolute Gasteiger partial charge is 0.461 e. The van der Waals surface area contributed by atoms with E-state index in [4.69, 9.17) is 11.6 Å². The van der Waals surface area contributed by atoms with Crippen molar-refractivity contribution in [1.82, 2.24) is 0 Å². The van der Waals surface area contributed by atoms with E-state index < -0.39 is 6.85 Å². The van der Waals surface area contributed by atoms with Crippen LogP contribution in [0.4, 0.5) is 0 Å². The SMILES string of the molecule is [2H]C(/C=C/C(C)=C/COC(=O)CCCCCCCCCCCCCCCCC)=C(/C([2H])=C/C1=C(C)CCCC1(C)C)C([2H])([2H])[2H]. The number of esters is 1. The second-order valence-corrected chi connectivity index (χ2v) is 12.4. The minimum atomic E-state index is -2.58. The van der Waals surface area contributed by atoms with Crippen molar-refractivity contribution in [3.8, 4) is 0 Å². The highest BCUT2D eigenvalue weighted by atomic mass is 16.5. The fourth-order valence-electron chi connectivity index (χ4n) is 5.45. The van der Waals surface area contributed by atoms with Crippen LogP contribution in [0.5, 0.6) is 0 Å². The molecule has 0 N–H and O–H groups in total. The van der Waals surface area contributed by atoms with Gasteiger partial charge in [-0.05, 0) is 63.4 Å². The Morgan fingerprint density at radius 3 is 2.05 bits per heavy atom. The van der Waals surface area contributed by atoms with Crippen LogP contribution < -0.4 is 0 Å². The van der Waals surface area contributed by atoms with E-state index in [9.17, 15) is 4.79 Å². The highest BCUT2D eigenvalue weighted by Gasteiger charge is 2.26. The molecule has 1 aliphatic carbocycles. The fourth-order valence-corrected chi connectivity index (χ4v) is 5.45. The Morgan fingerprint density at radius 1 is 0.925 bits per heavy atom. The summed E-state index contributed by atoms with van der Waals surface area (Å²) >= 11 is 0. The van der Waals surface area contributed by atoms with E-state index in [1.165, 1.54) is 95.1 Å². The second-order valence-electron chi connectivity index (χ2n) is 12.4. The molecule has 0 amide bonds. The summed E-state index contributed by atoms with van der Waals surface area (Å²) in [5.74, 6) is -0.206. The molecule has 0 aromatic carbocycles. The van der Waals surface area contributed by atoms with E-state index in [-0.39, 0.29) is 35.7 Å². The normalized spacial score (nSPS) is 19.1. The van der Waals surface area contributed by atoms with Crippen LogP contribution in [0, 0.1) is 5.41 Å². The summed E-state index contributed by atoms with van der Waals surface area (Å²) in [7, 11) is 0. The quantitative estimate of drug-likeness (QED) is 0.0751. The molecule has 2 heteroatoms. The molecule has 0 saturated heterocycles. The summed E-state index contributed by atoms with van der Waals surface area (Å²) in [6.07, 6.45) is 29.2. The molecule has 0 heterocycles. The predicted molar refractivity (Wildman–Crippen MR) is 177 cm³/mol. The van der Waals surface area contributed by atoms with E-state index in [1.54, 1.807) is 18.2 Å². The van der Waals surface area contributed by atoms with Gasteiger partial charge < -0.3 is 4.74 Å². The first-order valence-corrected chi connectivity index (χ1v) is 16.4. The first kappa shape index (κ1) is 28.3. The average molecular weight is 558 g/mol. The Kier molecular flexibility index (Phi) is 16.1. The van der Waals surface area contributed by atoms with Gasteiger partial charge in [-0.25, -0.2) is 0 Å². The van der Waals surface area contributed by atoms with E-state index in [0.29, 0.717) is 6.42 Å². The van der Waals surface area contributed by atoms with Crippen molar-refractivity contribution in [3.05, 3.63) is 58.7 Å². The molecule has 0 unspecified atom stereocenters. The summed E-state index contributed by atoms with van der Waals surface area (Å²) in [5, 5.41) is 0. The minimum Gasteiger partial charge on any atom is -0.461 e. The van der Waals surface area contributed by atoms with Crippen LogP contribution in [0.1, 0.15) is 170 Å². The third kappa shape index (κ3) is 18.5. The van der Waals surface area contributed by atoms with Crippen molar-refractivity contribution >= 4 is 5.97 Å². The van der Waals surface area contributed by atoms with Gasteiger partial charge >= 0.3 is 5.97 Å². The van der Waals surface area contributed by atoms with Crippen LogP contribution in [0.2, 0.25) is 0 Å². The molecule has 0 aromatic heterocycles. The average Bonchev–Trinajstić information content (AvgIpc) is 2.95. The van der Waals surface area contributed by atoms with Crippen molar-refractivity contribution in [3.63, 3.8) is 0 Å². The van der Waals surface area contributed by atoms with E-state index >= 15 is 0 Å². The zero-order chi connectivity index (χ0) is 33.7. The maximum absolute atomic E-state index is 12.1. The van der Waals surface area contributed by atoms with Crippen molar-refractivity contribution < 1.29 is 16.4 Å². The minimum absolute atomic E-state index is 0.130. The van der Waals surface area contributed by atoms with Gasteiger partial charge in [-0.2, -0.15) is 0 Å². The van der Waals surface area contributed by atoms with Crippen molar-refractivity contribution in [1.29, 1.82) is 0 Å². The highest BCUT2D eigenvalue weighted by Crippen LogP contribution is 2.40. The monoisotopic (exact) mass is 558 g/mol. The van der Waals surface area contributed by atoms with Crippen LogP contribution >= 0.6 is 0 Å². The standard InChI is InChI=1S/C38H64O2/c1-7-8-9-10-11-12-13-14-15-16-17-18-19-20-21-27-37(39)40-32-30-34(3)25-22-24-33(2)28-29-36-35(4)26-23-31-38(36,5)6/h22,24-25,28-30H,7-21,23,26-27,31-32H2,1-6H3/b25-22+,29-28+,33-24-,34-30+/i2D3,24D,28D. The summed E-state index contributed by atoms with van der Waals surface area (Å²) in [5.41, 5.74) is 2.54. The molecule has 0 aliphatic heterocycles. The molecule has 0 fully saturated rings. The molecule has 40 heavy (non-hydrogen) atoms. The van der Waals surface area contributed by atoms with Gasteiger partial charge in [0.05, 0.1) is 2.74 Å². The Balaban J connectivity index is 2.40. The first-order chi connectivity index (χ1) is 21.3. The number of allylic oxidation sites excluding steroid dienone is 9. The van der Waals surface area contributed by atoms with Gasteiger partial charge in [-0.3, -0.25) is 4.79 Å². The highest BCUT2D eigenvalue weighted by molar-refractivity contribution is 5.69. The van der Waals surface area contributed by atoms with Gasteiger partial charge in [-0.15, -0.1) is 0 Å². The topological polar surface area (TPSA) is 26.3 Å². The van der Waals surface area contributed by atoms with E-state index in [1.807, 2.05) is 13.8 Å². The number of carbonyl (C=O) groups is 1. The van der Waals surface area contributed by atoms with Crippen molar-refractivity contribution in [2.75, 3.05) is 6.61 Å².